The van der Waals surface area contributed by atoms with Crippen molar-refractivity contribution >= 4 is 29.1 Å². The number of hydrogen-bond donors (Lipinski definition) is 2. The predicted molar refractivity (Wildman–Crippen MR) is 79.5 cm³/mol. The molecule has 2 heterocycles. The molecule has 1 fully saturated rings. The molecule has 0 spiro atoms. The van der Waals surface area contributed by atoms with Crippen LogP contribution in [0.25, 0.3) is 0 Å². The normalized spacial score (nSPS) is 17.6. The van der Waals surface area contributed by atoms with Gasteiger partial charge < -0.3 is 15.0 Å². The molecular weight excluding hydrogens is 301 g/mol. The number of aliphatic hydroxyl groups is 1. The van der Waals surface area contributed by atoms with Gasteiger partial charge >= 0.3 is 0 Å². The maximum Gasteiger partial charge on any atom is 0.270 e. The molecule has 1 aromatic heterocycles. The van der Waals surface area contributed by atoms with Gasteiger partial charge in [-0.25, -0.2) is 0 Å². The van der Waals surface area contributed by atoms with E-state index in [9.17, 15) is 9.90 Å². The van der Waals surface area contributed by atoms with Crippen LogP contribution in [0.1, 0.15) is 24.3 Å². The van der Waals surface area contributed by atoms with Gasteiger partial charge in [0.2, 0.25) is 0 Å². The number of nitrogens with one attached hydrogen (secondary N) is 1. The second kappa shape index (κ2) is 5.93. The van der Waals surface area contributed by atoms with Crippen LogP contribution in [0, 0.1) is 0 Å². The minimum atomic E-state index is -0.716. The van der Waals surface area contributed by atoms with Gasteiger partial charge in [0.25, 0.3) is 5.91 Å². The molecule has 2 N–H and O–H groups in total. The van der Waals surface area contributed by atoms with Crippen molar-refractivity contribution in [2.45, 2.75) is 19.4 Å². The number of β-amino-alcohol motifs (C(OH)–C–C–N with tert-alkyl or cyclic N) is 1. The molecule has 7 heteroatoms. The molecule has 20 heavy (non-hydrogen) atoms. The summed E-state index contributed by atoms with van der Waals surface area (Å²) < 4.78 is 0. The van der Waals surface area contributed by atoms with Crippen molar-refractivity contribution in [3.8, 4) is 0 Å². The third-order valence-corrected chi connectivity index (χ3v) is 3.92. The van der Waals surface area contributed by atoms with E-state index in [1.165, 1.54) is 0 Å². The van der Waals surface area contributed by atoms with Gasteiger partial charge in [0.1, 0.15) is 10.8 Å². The summed E-state index contributed by atoms with van der Waals surface area (Å²) >= 11 is 11.7. The van der Waals surface area contributed by atoms with Crippen LogP contribution in [0.4, 0.5) is 0 Å². The zero-order chi connectivity index (χ0) is 14.9. The van der Waals surface area contributed by atoms with Crippen LogP contribution in [0.2, 0.25) is 10.2 Å². The number of nitrogens with zero attached hydrogens (tertiary/aromatic N) is 2. The van der Waals surface area contributed by atoms with Crippen molar-refractivity contribution < 1.29 is 9.90 Å². The van der Waals surface area contributed by atoms with E-state index < -0.39 is 5.60 Å². The Labute approximate surface area is 128 Å². The molecule has 0 atom stereocenters. The van der Waals surface area contributed by atoms with Crippen molar-refractivity contribution in [2.24, 2.45) is 0 Å². The van der Waals surface area contributed by atoms with E-state index >= 15 is 0 Å². The average Bonchev–Trinajstić information content (AvgIpc) is 2.68. The summed E-state index contributed by atoms with van der Waals surface area (Å²) in [6.07, 6.45) is 0. The van der Waals surface area contributed by atoms with Crippen molar-refractivity contribution in [1.82, 2.24) is 14.8 Å². The van der Waals surface area contributed by atoms with Gasteiger partial charge in [-0.15, -0.1) is 0 Å². The molecule has 5 nitrogen and oxygen atoms in total. The third-order valence-electron chi connectivity index (χ3n) is 3.23. The molecule has 0 unspecified atom stereocenters. The monoisotopic (exact) mass is 319 g/mol. The Morgan fingerprint density at radius 3 is 2.40 bits per heavy atom. The van der Waals surface area contributed by atoms with Crippen LogP contribution in [-0.2, 0) is 0 Å². The first-order valence-corrected chi connectivity index (χ1v) is 7.30. The molecular formula is C13H19Cl2N3O2. The van der Waals surface area contributed by atoms with E-state index in [1.54, 1.807) is 24.8 Å². The molecule has 112 valence electrons. The van der Waals surface area contributed by atoms with Gasteiger partial charge in [-0.1, -0.05) is 23.2 Å². The molecule has 1 aromatic rings. The summed E-state index contributed by atoms with van der Waals surface area (Å²) in [5, 5.41) is 10.4. The third kappa shape index (κ3) is 3.88. The lowest BCUT2D eigenvalue weighted by atomic mass is 10.1. The number of carbonyl (C=O) groups is 1. The van der Waals surface area contributed by atoms with Crippen LogP contribution in [-0.4, -0.2) is 64.1 Å². The highest BCUT2D eigenvalue weighted by Crippen LogP contribution is 2.23. The minimum absolute atomic E-state index is 0.0956. The van der Waals surface area contributed by atoms with E-state index in [1.807, 2.05) is 0 Å². The summed E-state index contributed by atoms with van der Waals surface area (Å²) in [7, 11) is 0. The number of amides is 1. The molecule has 0 bridgehead atoms. The van der Waals surface area contributed by atoms with E-state index in [0.29, 0.717) is 30.4 Å². The van der Waals surface area contributed by atoms with Gasteiger partial charge in [-0.05, 0) is 19.9 Å². The van der Waals surface area contributed by atoms with Crippen LogP contribution in [0.3, 0.4) is 0 Å². The first-order valence-electron chi connectivity index (χ1n) is 6.54. The lowest BCUT2D eigenvalue weighted by molar-refractivity contribution is 0.0177. The lowest BCUT2D eigenvalue weighted by Crippen LogP contribution is -2.52. The number of H-pyrrole nitrogens is 1. The van der Waals surface area contributed by atoms with E-state index in [0.717, 1.165) is 13.1 Å². The van der Waals surface area contributed by atoms with Crippen LogP contribution in [0.15, 0.2) is 6.07 Å². The van der Waals surface area contributed by atoms with E-state index in [4.69, 9.17) is 23.2 Å². The summed E-state index contributed by atoms with van der Waals surface area (Å²) in [4.78, 5) is 19.0. The van der Waals surface area contributed by atoms with Crippen molar-refractivity contribution in [3.05, 3.63) is 21.9 Å². The standard InChI is InChI=1S/C13H19Cl2N3O2/c1-13(2,20)8-17-3-5-18(6-4-17)12(19)10-7-9(14)11(15)16-10/h7,16,20H,3-6,8H2,1-2H3. The first-order chi connectivity index (χ1) is 9.26. The number of carbonyl (C=O) groups excluding carboxylic acids is 1. The second-order valence-electron chi connectivity index (χ2n) is 5.73. The van der Waals surface area contributed by atoms with Crippen molar-refractivity contribution in [1.29, 1.82) is 0 Å². The SMILES string of the molecule is CC(C)(O)CN1CCN(C(=O)c2cc(Cl)c(Cl)[nH]2)CC1. The van der Waals surface area contributed by atoms with Gasteiger partial charge in [0.05, 0.1) is 10.6 Å². The molecule has 1 aliphatic heterocycles. The van der Waals surface area contributed by atoms with Crippen LogP contribution in [0.5, 0.6) is 0 Å². The maximum absolute atomic E-state index is 12.3. The highest BCUT2D eigenvalue weighted by atomic mass is 35.5. The number of rotatable bonds is 3. The number of aromatic amines is 1. The Morgan fingerprint density at radius 1 is 1.35 bits per heavy atom. The van der Waals surface area contributed by atoms with E-state index in [-0.39, 0.29) is 11.1 Å². The number of halogens is 2. The number of hydrogen-bond acceptors (Lipinski definition) is 3. The Kier molecular flexibility index (Phi) is 4.64. The predicted octanol–water partition coefficient (Wildman–Crippen LogP) is 1.85. The number of piperazine rings is 1. The molecule has 1 aliphatic rings. The van der Waals surface area contributed by atoms with Gasteiger partial charge in [-0.2, -0.15) is 0 Å². The fraction of sp³-hybridized carbons (Fsp3) is 0.615. The van der Waals surface area contributed by atoms with Crippen molar-refractivity contribution in [2.75, 3.05) is 32.7 Å². The summed E-state index contributed by atoms with van der Waals surface area (Å²) in [5.74, 6) is -0.0956. The Balaban J connectivity index is 1.92. The molecule has 0 radical (unpaired) electrons. The smallest absolute Gasteiger partial charge is 0.270 e. The summed E-state index contributed by atoms with van der Waals surface area (Å²) in [5.41, 5.74) is -0.303. The summed E-state index contributed by atoms with van der Waals surface area (Å²) in [6.45, 7) is 6.93. The van der Waals surface area contributed by atoms with Crippen molar-refractivity contribution in [3.63, 3.8) is 0 Å². The first kappa shape index (κ1) is 15.6. The largest absolute Gasteiger partial charge is 0.389 e. The second-order valence-corrected chi connectivity index (χ2v) is 6.51. The van der Waals surface area contributed by atoms with Gasteiger partial charge in [0.15, 0.2) is 0 Å². The van der Waals surface area contributed by atoms with Gasteiger partial charge in [-0.3, -0.25) is 9.69 Å². The molecule has 0 saturated carbocycles. The highest BCUT2D eigenvalue weighted by molar-refractivity contribution is 6.41. The zero-order valence-corrected chi connectivity index (χ0v) is 13.1. The van der Waals surface area contributed by atoms with Gasteiger partial charge in [0, 0.05) is 32.7 Å². The molecule has 0 aromatic carbocycles. The number of aromatic nitrogens is 1. The average molecular weight is 320 g/mol. The fourth-order valence-electron chi connectivity index (χ4n) is 2.35. The highest BCUT2D eigenvalue weighted by Gasteiger charge is 2.26. The minimum Gasteiger partial charge on any atom is -0.389 e. The topological polar surface area (TPSA) is 59.6 Å². The Hall–Kier alpha value is -0.750. The van der Waals surface area contributed by atoms with Crippen LogP contribution >= 0.6 is 23.2 Å². The van der Waals surface area contributed by atoms with Crippen LogP contribution < -0.4 is 0 Å². The lowest BCUT2D eigenvalue weighted by Gasteiger charge is -2.37. The molecule has 1 saturated heterocycles. The Bertz CT molecular complexity index is 469. The van der Waals surface area contributed by atoms with E-state index in [2.05, 4.69) is 9.88 Å². The molecule has 0 aliphatic carbocycles. The maximum atomic E-state index is 12.3. The fourth-order valence-corrected chi connectivity index (χ4v) is 2.66. The summed E-state index contributed by atoms with van der Waals surface area (Å²) in [6, 6.07) is 1.55. The zero-order valence-electron chi connectivity index (χ0n) is 11.6. The molecule has 2 rings (SSSR count). The molecule has 1 amide bonds. The Morgan fingerprint density at radius 2 is 1.95 bits per heavy atom. The quantitative estimate of drug-likeness (QED) is 0.894.